The minimum atomic E-state index is -2.38. The van der Waals surface area contributed by atoms with Crippen LogP contribution >= 0.6 is 15.9 Å². The molecule has 0 fully saturated rings. The lowest BCUT2D eigenvalue weighted by Crippen LogP contribution is -2.04. The van der Waals surface area contributed by atoms with Crippen molar-refractivity contribution in [2.24, 2.45) is 0 Å². The van der Waals surface area contributed by atoms with Crippen molar-refractivity contribution in [1.82, 2.24) is 0 Å². The van der Waals surface area contributed by atoms with Gasteiger partial charge in [-0.05, 0) is 48.9 Å². The smallest absolute Gasteiger partial charge is 0.205 e. The third-order valence-electron chi connectivity index (χ3n) is 2.70. The van der Waals surface area contributed by atoms with Crippen LogP contribution in [0.2, 0.25) is 0 Å². The Kier molecular flexibility index (Phi) is 2.86. The average Bonchev–Trinajstić information content (AvgIpc) is 2.16. The summed E-state index contributed by atoms with van der Waals surface area (Å²) in [4.78, 5) is 0. The van der Waals surface area contributed by atoms with Crippen molar-refractivity contribution in [3.8, 4) is 0 Å². The van der Waals surface area contributed by atoms with Crippen molar-refractivity contribution in [3.63, 3.8) is 0 Å². The highest BCUT2D eigenvalue weighted by molar-refractivity contribution is 9.10. The van der Waals surface area contributed by atoms with E-state index in [4.69, 9.17) is 0 Å². The van der Waals surface area contributed by atoms with Crippen LogP contribution in [-0.2, 0) is 12.8 Å². The Balaban J connectivity index is 2.45. The van der Waals surface area contributed by atoms with Crippen LogP contribution in [-0.4, -0.2) is 0 Å². The Morgan fingerprint density at radius 1 is 1.07 bits per heavy atom. The van der Waals surface area contributed by atoms with Gasteiger partial charge >= 0.3 is 0 Å². The van der Waals surface area contributed by atoms with Gasteiger partial charge in [-0.25, -0.2) is 8.78 Å². The number of hydrogen-bond donors (Lipinski definition) is 0. The number of hydrogen-bond acceptors (Lipinski definition) is 0. The second kappa shape index (κ2) is 3.97. The van der Waals surface area contributed by atoms with Gasteiger partial charge in [-0.15, -0.1) is 0 Å². The van der Waals surface area contributed by atoms with Gasteiger partial charge in [0.05, 0.1) is 0 Å². The molecule has 0 heterocycles. The van der Waals surface area contributed by atoms with Crippen LogP contribution in [0, 0.1) is 0 Å². The zero-order chi connectivity index (χ0) is 10.1. The third kappa shape index (κ3) is 1.83. The van der Waals surface area contributed by atoms with E-state index in [9.17, 15) is 8.78 Å². The molecule has 1 aliphatic rings. The molecule has 0 unspecified atom stereocenters. The third-order valence-corrected chi connectivity index (χ3v) is 3.38. The summed E-state index contributed by atoms with van der Waals surface area (Å²) >= 11 is 3.20. The standard InChI is InChI=1S/C11H11BrF2/c12-10-6-8-4-2-1-3-7(8)5-9(10)11(13)14/h5-6,11H,1-4H2. The van der Waals surface area contributed by atoms with Crippen LogP contribution in [0.5, 0.6) is 0 Å². The van der Waals surface area contributed by atoms with E-state index >= 15 is 0 Å². The molecule has 0 spiro atoms. The van der Waals surface area contributed by atoms with Crippen molar-refractivity contribution in [1.29, 1.82) is 0 Å². The maximum Gasteiger partial charge on any atom is 0.264 e. The zero-order valence-corrected chi connectivity index (χ0v) is 9.28. The zero-order valence-electron chi connectivity index (χ0n) is 7.69. The van der Waals surface area contributed by atoms with Crippen molar-refractivity contribution < 1.29 is 8.78 Å². The average molecular weight is 261 g/mol. The Bertz CT molecular complexity index is 347. The fourth-order valence-electron chi connectivity index (χ4n) is 1.94. The van der Waals surface area contributed by atoms with Crippen molar-refractivity contribution in [2.75, 3.05) is 0 Å². The second-order valence-electron chi connectivity index (χ2n) is 3.65. The number of rotatable bonds is 1. The molecule has 0 atom stereocenters. The molecule has 0 radical (unpaired) electrons. The summed E-state index contributed by atoms with van der Waals surface area (Å²) in [5.41, 5.74) is 2.47. The Morgan fingerprint density at radius 2 is 1.64 bits per heavy atom. The summed E-state index contributed by atoms with van der Waals surface area (Å²) in [6, 6.07) is 3.51. The quantitative estimate of drug-likeness (QED) is 0.708. The fourth-order valence-corrected chi connectivity index (χ4v) is 2.51. The van der Waals surface area contributed by atoms with Crippen molar-refractivity contribution in [3.05, 3.63) is 33.3 Å². The number of alkyl halides is 2. The summed E-state index contributed by atoms with van der Waals surface area (Å²) < 4.78 is 25.7. The lowest BCUT2D eigenvalue weighted by Gasteiger charge is -2.17. The Labute approximate surface area is 90.4 Å². The molecule has 14 heavy (non-hydrogen) atoms. The van der Waals surface area contributed by atoms with Crippen LogP contribution in [0.4, 0.5) is 8.78 Å². The SMILES string of the molecule is FC(F)c1cc2c(cc1Br)CCCC2. The first kappa shape index (κ1) is 10.1. The van der Waals surface area contributed by atoms with E-state index in [0.717, 1.165) is 24.8 Å². The van der Waals surface area contributed by atoms with E-state index in [1.807, 2.05) is 6.07 Å². The van der Waals surface area contributed by atoms with Gasteiger partial charge in [0.1, 0.15) is 0 Å². The van der Waals surface area contributed by atoms with E-state index in [2.05, 4.69) is 15.9 Å². The lowest BCUT2D eigenvalue weighted by atomic mass is 9.90. The molecule has 0 amide bonds. The molecule has 0 aromatic heterocycles. The Morgan fingerprint density at radius 3 is 2.21 bits per heavy atom. The van der Waals surface area contributed by atoms with Crippen molar-refractivity contribution in [2.45, 2.75) is 32.1 Å². The second-order valence-corrected chi connectivity index (χ2v) is 4.50. The maximum atomic E-state index is 12.6. The molecular weight excluding hydrogens is 250 g/mol. The van der Waals surface area contributed by atoms with Gasteiger partial charge in [-0.3, -0.25) is 0 Å². The first-order valence-electron chi connectivity index (χ1n) is 4.78. The van der Waals surface area contributed by atoms with Gasteiger partial charge < -0.3 is 0 Å². The van der Waals surface area contributed by atoms with E-state index in [1.165, 1.54) is 12.0 Å². The van der Waals surface area contributed by atoms with Gasteiger partial charge in [0.2, 0.25) is 0 Å². The molecule has 2 rings (SSSR count). The molecule has 0 saturated carbocycles. The van der Waals surface area contributed by atoms with Gasteiger partial charge in [0.25, 0.3) is 6.43 Å². The van der Waals surface area contributed by atoms with Crippen LogP contribution in [0.1, 0.15) is 36.0 Å². The molecule has 0 saturated heterocycles. The molecule has 3 heteroatoms. The molecule has 0 N–H and O–H groups in total. The highest BCUT2D eigenvalue weighted by atomic mass is 79.9. The summed E-state index contributed by atoms with van der Waals surface area (Å²) in [6.45, 7) is 0. The first-order valence-corrected chi connectivity index (χ1v) is 5.57. The van der Waals surface area contributed by atoms with Gasteiger partial charge in [0.15, 0.2) is 0 Å². The van der Waals surface area contributed by atoms with E-state index in [-0.39, 0.29) is 5.56 Å². The van der Waals surface area contributed by atoms with Crippen LogP contribution in [0.15, 0.2) is 16.6 Å². The maximum absolute atomic E-state index is 12.6. The van der Waals surface area contributed by atoms with Gasteiger partial charge in [0, 0.05) is 10.0 Å². The van der Waals surface area contributed by atoms with Crippen LogP contribution in [0.3, 0.4) is 0 Å². The first-order chi connectivity index (χ1) is 6.68. The fraction of sp³-hybridized carbons (Fsp3) is 0.455. The summed E-state index contributed by atoms with van der Waals surface area (Å²) in [5, 5.41) is 0. The number of benzene rings is 1. The molecule has 0 bridgehead atoms. The summed E-state index contributed by atoms with van der Waals surface area (Å²) in [7, 11) is 0. The van der Waals surface area contributed by atoms with E-state index in [1.54, 1.807) is 6.07 Å². The molecule has 1 aliphatic carbocycles. The Hall–Kier alpha value is -0.440. The normalized spacial score (nSPS) is 15.7. The monoisotopic (exact) mass is 260 g/mol. The summed E-state index contributed by atoms with van der Waals surface area (Å²) in [5.74, 6) is 0. The molecule has 0 nitrogen and oxygen atoms in total. The molecular formula is C11H11BrF2. The van der Waals surface area contributed by atoms with E-state index in [0.29, 0.717) is 4.47 Å². The summed E-state index contributed by atoms with van der Waals surface area (Å²) in [6.07, 6.45) is 1.89. The molecule has 76 valence electrons. The molecule has 0 aliphatic heterocycles. The van der Waals surface area contributed by atoms with Gasteiger partial charge in [-0.2, -0.15) is 0 Å². The number of halogens is 3. The molecule has 1 aromatic carbocycles. The highest BCUT2D eigenvalue weighted by Gasteiger charge is 2.17. The minimum absolute atomic E-state index is 0.130. The largest absolute Gasteiger partial charge is 0.264 e. The number of aryl methyl sites for hydroxylation is 2. The van der Waals surface area contributed by atoms with Crippen LogP contribution < -0.4 is 0 Å². The minimum Gasteiger partial charge on any atom is -0.205 e. The topological polar surface area (TPSA) is 0 Å². The number of fused-ring (bicyclic) bond motifs is 1. The van der Waals surface area contributed by atoms with Crippen LogP contribution in [0.25, 0.3) is 0 Å². The van der Waals surface area contributed by atoms with Crippen molar-refractivity contribution >= 4 is 15.9 Å². The predicted octanol–water partition coefficient (Wildman–Crippen LogP) is 4.27. The predicted molar refractivity (Wildman–Crippen MR) is 55.7 cm³/mol. The molecule has 1 aromatic rings. The van der Waals surface area contributed by atoms with E-state index < -0.39 is 6.43 Å². The van der Waals surface area contributed by atoms with Gasteiger partial charge in [-0.1, -0.05) is 15.9 Å². The highest BCUT2D eigenvalue weighted by Crippen LogP contribution is 2.33. The lowest BCUT2D eigenvalue weighted by molar-refractivity contribution is 0.150.